The van der Waals surface area contributed by atoms with Crippen LogP contribution in [0.25, 0.3) is 10.8 Å². The number of halogens is 1. The number of amides is 2. The average molecular weight is 443 g/mol. The number of anilines is 1. The summed E-state index contributed by atoms with van der Waals surface area (Å²) in [6, 6.07) is 21.3. The minimum atomic E-state index is -0.319. The summed E-state index contributed by atoms with van der Waals surface area (Å²) in [5.74, 6) is -0.678. The second-order valence-corrected chi connectivity index (χ2v) is 9.67. The Labute approximate surface area is 189 Å². The largest absolute Gasteiger partial charge is 0.391 e. The van der Waals surface area contributed by atoms with Gasteiger partial charge in [-0.1, -0.05) is 59.2 Å². The van der Waals surface area contributed by atoms with Crippen molar-refractivity contribution in [1.82, 2.24) is 0 Å². The molecule has 2 saturated carbocycles. The smallest absolute Gasteiger partial charge is 0.238 e. The number of fused-ring (bicyclic) bond motifs is 9. The molecule has 2 heterocycles. The number of carbonyl (C=O) groups is 2. The van der Waals surface area contributed by atoms with Gasteiger partial charge in [0.1, 0.15) is 6.10 Å². The van der Waals surface area contributed by atoms with E-state index in [9.17, 15) is 9.59 Å². The highest BCUT2D eigenvalue weighted by Gasteiger charge is 2.70. The van der Waals surface area contributed by atoms with Gasteiger partial charge in [0.25, 0.3) is 0 Å². The van der Waals surface area contributed by atoms with Gasteiger partial charge in [-0.3, -0.25) is 14.5 Å². The van der Waals surface area contributed by atoms with Gasteiger partial charge in [0.2, 0.25) is 11.8 Å². The molecule has 4 aliphatic rings. The number of rotatable bonds is 2. The zero-order chi connectivity index (χ0) is 21.6. The number of hydrogen-bond donors (Lipinski definition) is 0. The van der Waals surface area contributed by atoms with E-state index < -0.39 is 0 Å². The van der Waals surface area contributed by atoms with Gasteiger partial charge >= 0.3 is 0 Å². The maximum atomic E-state index is 13.6. The molecule has 2 aliphatic heterocycles. The lowest BCUT2D eigenvalue weighted by Crippen LogP contribution is -2.41. The Morgan fingerprint density at radius 3 is 2.34 bits per heavy atom. The molecule has 3 aromatic carbocycles. The van der Waals surface area contributed by atoms with E-state index in [-0.39, 0.29) is 47.5 Å². The van der Waals surface area contributed by atoms with E-state index in [1.54, 1.807) is 0 Å². The van der Waals surface area contributed by atoms with Crippen molar-refractivity contribution in [3.8, 4) is 0 Å². The molecule has 0 spiro atoms. The highest BCUT2D eigenvalue weighted by Crippen LogP contribution is 2.62. The normalized spacial score (nSPS) is 32.3. The molecule has 7 rings (SSSR count). The van der Waals surface area contributed by atoms with Gasteiger partial charge in [-0.2, -0.15) is 0 Å². The van der Waals surface area contributed by atoms with E-state index in [0.29, 0.717) is 10.7 Å². The Hall–Kier alpha value is -3.18. The van der Waals surface area contributed by atoms with Gasteiger partial charge in [0.05, 0.1) is 23.2 Å². The summed E-state index contributed by atoms with van der Waals surface area (Å²) in [6.07, 6.45) is 0.695. The molecule has 3 aromatic rings. The van der Waals surface area contributed by atoms with E-state index in [0.717, 1.165) is 28.5 Å². The zero-order valence-electron chi connectivity index (χ0n) is 17.0. The maximum Gasteiger partial charge on any atom is 0.238 e. The fraction of sp³-hybridized carbons (Fsp3) is 0.269. The summed E-state index contributed by atoms with van der Waals surface area (Å²) in [4.78, 5) is 34.4. The Kier molecular flexibility index (Phi) is 3.69. The number of hydrogen-bond acceptors (Lipinski definition) is 4. The topological polar surface area (TPSA) is 59.0 Å². The van der Waals surface area contributed by atoms with Crippen LogP contribution >= 0.6 is 11.6 Å². The quantitative estimate of drug-likeness (QED) is 0.542. The van der Waals surface area contributed by atoms with Crippen LogP contribution in [0.5, 0.6) is 0 Å². The summed E-state index contributed by atoms with van der Waals surface area (Å²) < 4.78 is 0. The summed E-state index contributed by atoms with van der Waals surface area (Å²) in [6.45, 7) is 0. The first-order chi connectivity index (χ1) is 15.6. The molecule has 2 amide bonds. The average Bonchev–Trinajstić information content (AvgIpc) is 3.54. The minimum absolute atomic E-state index is 0.0189. The van der Waals surface area contributed by atoms with Crippen molar-refractivity contribution < 1.29 is 14.4 Å². The molecule has 0 radical (unpaired) electrons. The van der Waals surface area contributed by atoms with Crippen LogP contribution < -0.4 is 4.90 Å². The van der Waals surface area contributed by atoms with Crippen LogP contribution in [0, 0.1) is 29.6 Å². The molecule has 0 unspecified atom stereocenters. The maximum absolute atomic E-state index is 13.6. The minimum Gasteiger partial charge on any atom is -0.391 e. The lowest BCUT2D eigenvalue weighted by Gasteiger charge is -2.29. The third-order valence-electron chi connectivity index (χ3n) is 7.82. The molecule has 0 N–H and O–H groups in total. The fourth-order valence-electron chi connectivity index (χ4n) is 6.56. The number of oxime groups is 1. The summed E-state index contributed by atoms with van der Waals surface area (Å²) in [7, 11) is 0. The van der Waals surface area contributed by atoms with Gasteiger partial charge in [-0.15, -0.1) is 0 Å². The molecule has 3 fully saturated rings. The molecule has 1 saturated heterocycles. The molecule has 2 aliphatic carbocycles. The van der Waals surface area contributed by atoms with Gasteiger partial charge in [-0.05, 0) is 52.9 Å². The molecule has 6 heteroatoms. The molecular formula is C26H19ClN2O3. The molecule has 32 heavy (non-hydrogen) atoms. The number of imide groups is 1. The second-order valence-electron chi connectivity index (χ2n) is 9.24. The number of benzene rings is 3. The van der Waals surface area contributed by atoms with Crippen molar-refractivity contribution in [2.75, 3.05) is 4.90 Å². The first-order valence-corrected chi connectivity index (χ1v) is 11.4. The van der Waals surface area contributed by atoms with Crippen LogP contribution in [0.4, 0.5) is 5.69 Å². The van der Waals surface area contributed by atoms with E-state index in [1.807, 2.05) is 66.7 Å². The van der Waals surface area contributed by atoms with Crippen LogP contribution in [-0.2, 0) is 14.4 Å². The van der Waals surface area contributed by atoms with Crippen molar-refractivity contribution in [1.29, 1.82) is 0 Å². The summed E-state index contributed by atoms with van der Waals surface area (Å²) in [5.41, 5.74) is 2.50. The van der Waals surface area contributed by atoms with Gasteiger partial charge < -0.3 is 4.84 Å². The predicted octanol–water partition coefficient (Wildman–Crippen LogP) is 4.67. The molecule has 5 nitrogen and oxygen atoms in total. The van der Waals surface area contributed by atoms with Crippen LogP contribution in [0.1, 0.15) is 12.0 Å². The molecule has 2 bridgehead atoms. The van der Waals surface area contributed by atoms with E-state index in [4.69, 9.17) is 16.4 Å². The Bertz CT molecular complexity index is 1330. The van der Waals surface area contributed by atoms with Crippen LogP contribution in [0.3, 0.4) is 0 Å². The second kappa shape index (κ2) is 6.42. The van der Waals surface area contributed by atoms with E-state index >= 15 is 0 Å². The van der Waals surface area contributed by atoms with Crippen molar-refractivity contribution in [2.24, 2.45) is 34.7 Å². The van der Waals surface area contributed by atoms with Crippen molar-refractivity contribution >= 4 is 45.6 Å². The first kappa shape index (κ1) is 18.4. The number of nitrogens with zero attached hydrogens (tertiary/aromatic N) is 2. The summed E-state index contributed by atoms with van der Waals surface area (Å²) >= 11 is 6.05. The zero-order valence-corrected chi connectivity index (χ0v) is 17.8. The predicted molar refractivity (Wildman–Crippen MR) is 121 cm³/mol. The van der Waals surface area contributed by atoms with Crippen LogP contribution in [0.2, 0.25) is 5.02 Å². The van der Waals surface area contributed by atoms with Crippen molar-refractivity contribution in [3.05, 3.63) is 77.3 Å². The molecule has 0 aromatic heterocycles. The Balaban J connectivity index is 1.25. The number of carbonyl (C=O) groups excluding carboxylic acids is 2. The van der Waals surface area contributed by atoms with Crippen LogP contribution in [-0.4, -0.2) is 23.6 Å². The highest BCUT2D eigenvalue weighted by molar-refractivity contribution is 6.30. The van der Waals surface area contributed by atoms with E-state index in [1.165, 1.54) is 4.90 Å². The Morgan fingerprint density at radius 1 is 0.844 bits per heavy atom. The van der Waals surface area contributed by atoms with Crippen molar-refractivity contribution in [3.63, 3.8) is 0 Å². The lowest BCUT2D eigenvalue weighted by atomic mass is 9.71. The Morgan fingerprint density at radius 2 is 1.56 bits per heavy atom. The van der Waals surface area contributed by atoms with Crippen LogP contribution in [0.15, 0.2) is 71.9 Å². The monoisotopic (exact) mass is 442 g/mol. The van der Waals surface area contributed by atoms with Crippen molar-refractivity contribution in [2.45, 2.75) is 12.5 Å². The third kappa shape index (κ3) is 2.32. The molecule has 6 atom stereocenters. The molecule has 158 valence electrons. The van der Waals surface area contributed by atoms with E-state index in [2.05, 4.69) is 5.16 Å². The highest BCUT2D eigenvalue weighted by atomic mass is 35.5. The third-order valence-corrected chi connectivity index (χ3v) is 8.07. The summed E-state index contributed by atoms with van der Waals surface area (Å²) in [5, 5.41) is 7.16. The lowest BCUT2D eigenvalue weighted by molar-refractivity contribution is -0.125. The molecular weight excluding hydrogens is 424 g/mol. The van der Waals surface area contributed by atoms with Gasteiger partial charge in [-0.25, -0.2) is 0 Å². The van der Waals surface area contributed by atoms with Gasteiger partial charge in [0.15, 0.2) is 0 Å². The fourth-order valence-corrected chi connectivity index (χ4v) is 6.68. The first-order valence-electron chi connectivity index (χ1n) is 11.0. The standard InChI is InChI=1S/C26H19ClN2O3/c27-16-8-5-14(6-9-16)23-22-18-12-19(24(22)32-28-23)21-20(18)25(30)29(26(21)31)17-10-7-13-3-1-2-4-15(13)11-17/h1-11,18-22,24H,12H2/t18-,19-,20+,21-,22-,24-/m1/s1. The SMILES string of the molecule is O=C1[C@@H]2[C@H]3C[C@@H]([C@@H]4C(c5ccc(Cl)cc5)=NO[C@H]34)[C@@H]2C(=O)N1c1ccc2ccccc2c1. The van der Waals surface area contributed by atoms with Gasteiger partial charge in [0, 0.05) is 16.9 Å².